The number of phenols is 1. The SMILES string of the molecule is Cc1csc(N2CCCN(C(=O)c3ccc(C)c(C)c3O)CC2)n1. The summed E-state index contributed by atoms with van der Waals surface area (Å²) in [5.74, 6) is 0.0180. The Hall–Kier alpha value is -2.08. The summed E-state index contributed by atoms with van der Waals surface area (Å²) in [6.45, 7) is 8.78. The molecule has 0 bridgehead atoms. The Morgan fingerprint density at radius 1 is 1.17 bits per heavy atom. The van der Waals surface area contributed by atoms with Crippen LogP contribution in [0.1, 0.15) is 33.6 Å². The molecule has 0 unspecified atom stereocenters. The highest BCUT2D eigenvalue weighted by Gasteiger charge is 2.24. The number of thiazole rings is 1. The number of benzene rings is 1. The zero-order valence-corrected chi connectivity index (χ0v) is 15.2. The number of carbonyl (C=O) groups is 1. The van der Waals surface area contributed by atoms with Gasteiger partial charge in [0.25, 0.3) is 5.91 Å². The third kappa shape index (κ3) is 3.24. The average molecular weight is 345 g/mol. The first kappa shape index (κ1) is 16.8. The molecule has 0 aliphatic carbocycles. The van der Waals surface area contributed by atoms with Gasteiger partial charge in [0.1, 0.15) is 5.75 Å². The third-order valence-electron chi connectivity index (χ3n) is 4.59. The summed E-state index contributed by atoms with van der Waals surface area (Å²) < 4.78 is 0. The molecule has 128 valence electrons. The van der Waals surface area contributed by atoms with Gasteiger partial charge in [-0.15, -0.1) is 11.3 Å². The molecule has 0 spiro atoms. The fraction of sp³-hybridized carbons (Fsp3) is 0.444. The molecule has 1 aliphatic heterocycles. The van der Waals surface area contributed by atoms with Gasteiger partial charge in [0.05, 0.1) is 11.3 Å². The number of carbonyl (C=O) groups excluding carboxylic acids is 1. The van der Waals surface area contributed by atoms with E-state index in [1.807, 2.05) is 31.7 Å². The second-order valence-corrected chi connectivity index (χ2v) is 7.14. The van der Waals surface area contributed by atoms with Crippen molar-refractivity contribution in [3.63, 3.8) is 0 Å². The largest absolute Gasteiger partial charge is 0.507 e. The summed E-state index contributed by atoms with van der Waals surface area (Å²) in [5, 5.41) is 13.4. The second kappa shape index (κ2) is 6.81. The van der Waals surface area contributed by atoms with E-state index in [-0.39, 0.29) is 11.7 Å². The van der Waals surface area contributed by atoms with E-state index < -0.39 is 0 Å². The molecule has 0 atom stereocenters. The monoisotopic (exact) mass is 345 g/mol. The number of anilines is 1. The normalized spacial score (nSPS) is 15.5. The van der Waals surface area contributed by atoms with Crippen LogP contribution in [0.2, 0.25) is 0 Å². The number of aromatic nitrogens is 1. The molecule has 1 aromatic heterocycles. The summed E-state index contributed by atoms with van der Waals surface area (Å²) in [6, 6.07) is 3.62. The van der Waals surface area contributed by atoms with E-state index in [2.05, 4.69) is 15.3 Å². The minimum atomic E-state index is -0.0900. The fourth-order valence-electron chi connectivity index (χ4n) is 2.94. The van der Waals surface area contributed by atoms with Crippen molar-refractivity contribution in [1.29, 1.82) is 0 Å². The topological polar surface area (TPSA) is 56.7 Å². The van der Waals surface area contributed by atoms with Crippen LogP contribution in [-0.4, -0.2) is 47.1 Å². The van der Waals surface area contributed by atoms with E-state index in [4.69, 9.17) is 0 Å². The van der Waals surface area contributed by atoms with Crippen molar-refractivity contribution in [3.8, 4) is 5.75 Å². The van der Waals surface area contributed by atoms with Crippen molar-refractivity contribution in [2.75, 3.05) is 31.1 Å². The predicted octanol–water partition coefficient (Wildman–Crippen LogP) is 3.13. The van der Waals surface area contributed by atoms with Gasteiger partial charge in [-0.1, -0.05) is 6.07 Å². The number of hydrogen-bond acceptors (Lipinski definition) is 5. The summed E-state index contributed by atoms with van der Waals surface area (Å²) in [4.78, 5) is 21.4. The van der Waals surface area contributed by atoms with Crippen LogP contribution in [0, 0.1) is 20.8 Å². The van der Waals surface area contributed by atoms with Crippen LogP contribution in [0.15, 0.2) is 17.5 Å². The van der Waals surface area contributed by atoms with E-state index in [0.29, 0.717) is 18.7 Å². The molecule has 1 amide bonds. The van der Waals surface area contributed by atoms with Gasteiger partial charge in [-0.3, -0.25) is 4.79 Å². The molecule has 2 aromatic rings. The maximum absolute atomic E-state index is 12.8. The molecule has 0 saturated carbocycles. The van der Waals surface area contributed by atoms with E-state index >= 15 is 0 Å². The number of nitrogens with zero attached hydrogens (tertiary/aromatic N) is 3. The van der Waals surface area contributed by atoms with Crippen LogP contribution < -0.4 is 4.90 Å². The van der Waals surface area contributed by atoms with Gasteiger partial charge in [0, 0.05) is 31.6 Å². The lowest BCUT2D eigenvalue weighted by atomic mass is 10.0. The molecule has 1 aliphatic rings. The average Bonchev–Trinajstić information content (AvgIpc) is 2.85. The van der Waals surface area contributed by atoms with Crippen molar-refractivity contribution < 1.29 is 9.90 Å². The van der Waals surface area contributed by atoms with Gasteiger partial charge >= 0.3 is 0 Å². The van der Waals surface area contributed by atoms with Gasteiger partial charge < -0.3 is 14.9 Å². The first-order valence-corrected chi connectivity index (χ1v) is 9.11. The van der Waals surface area contributed by atoms with Gasteiger partial charge in [0.2, 0.25) is 0 Å². The summed E-state index contributed by atoms with van der Waals surface area (Å²) in [7, 11) is 0. The molecule has 1 aromatic carbocycles. The standard InChI is InChI=1S/C18H23N3O2S/c1-12-5-6-15(16(22)14(12)3)17(23)20-7-4-8-21(10-9-20)18-19-13(2)11-24-18/h5-6,11,22H,4,7-10H2,1-3H3. The lowest BCUT2D eigenvalue weighted by Gasteiger charge is -2.22. The van der Waals surface area contributed by atoms with Gasteiger partial charge in [0.15, 0.2) is 5.13 Å². The zero-order valence-electron chi connectivity index (χ0n) is 14.4. The van der Waals surface area contributed by atoms with Crippen molar-refractivity contribution in [3.05, 3.63) is 39.9 Å². The number of aryl methyl sites for hydroxylation is 2. The first-order chi connectivity index (χ1) is 11.5. The van der Waals surface area contributed by atoms with Crippen molar-refractivity contribution in [2.24, 2.45) is 0 Å². The van der Waals surface area contributed by atoms with Crippen LogP contribution in [-0.2, 0) is 0 Å². The van der Waals surface area contributed by atoms with E-state index in [9.17, 15) is 9.90 Å². The van der Waals surface area contributed by atoms with Crippen molar-refractivity contribution in [2.45, 2.75) is 27.2 Å². The Morgan fingerprint density at radius 3 is 2.67 bits per heavy atom. The smallest absolute Gasteiger partial charge is 0.257 e. The highest BCUT2D eigenvalue weighted by molar-refractivity contribution is 7.13. The van der Waals surface area contributed by atoms with Crippen molar-refractivity contribution >= 4 is 22.4 Å². The molecule has 1 N–H and O–H groups in total. The predicted molar refractivity (Wildman–Crippen MR) is 97.2 cm³/mol. The van der Waals surface area contributed by atoms with Crippen LogP contribution in [0.3, 0.4) is 0 Å². The molecule has 24 heavy (non-hydrogen) atoms. The molecule has 3 rings (SSSR count). The Kier molecular flexibility index (Phi) is 4.76. The molecule has 0 radical (unpaired) electrons. The lowest BCUT2D eigenvalue weighted by molar-refractivity contribution is 0.0764. The van der Waals surface area contributed by atoms with Gasteiger partial charge in [-0.25, -0.2) is 4.98 Å². The van der Waals surface area contributed by atoms with Crippen LogP contribution >= 0.6 is 11.3 Å². The minimum Gasteiger partial charge on any atom is -0.507 e. The zero-order chi connectivity index (χ0) is 17.3. The first-order valence-electron chi connectivity index (χ1n) is 8.23. The molecule has 1 saturated heterocycles. The van der Waals surface area contributed by atoms with E-state index in [1.165, 1.54) is 0 Å². The molecular weight excluding hydrogens is 322 g/mol. The molecule has 1 fully saturated rings. The Morgan fingerprint density at radius 2 is 1.96 bits per heavy atom. The maximum Gasteiger partial charge on any atom is 0.257 e. The summed E-state index contributed by atoms with van der Waals surface area (Å²) >= 11 is 1.65. The van der Waals surface area contributed by atoms with Crippen LogP contribution in [0.25, 0.3) is 0 Å². The number of amides is 1. The lowest BCUT2D eigenvalue weighted by Crippen LogP contribution is -2.35. The molecule has 5 nitrogen and oxygen atoms in total. The molecule has 2 heterocycles. The third-order valence-corrected chi connectivity index (χ3v) is 5.61. The highest BCUT2D eigenvalue weighted by atomic mass is 32.1. The van der Waals surface area contributed by atoms with E-state index in [0.717, 1.165) is 41.5 Å². The summed E-state index contributed by atoms with van der Waals surface area (Å²) in [6.07, 6.45) is 0.899. The Labute approximate surface area is 146 Å². The van der Waals surface area contributed by atoms with Crippen molar-refractivity contribution in [1.82, 2.24) is 9.88 Å². The molecule has 6 heteroatoms. The maximum atomic E-state index is 12.8. The highest BCUT2D eigenvalue weighted by Crippen LogP contribution is 2.27. The number of hydrogen-bond donors (Lipinski definition) is 1. The van der Waals surface area contributed by atoms with E-state index in [1.54, 1.807) is 17.4 Å². The Balaban J connectivity index is 1.74. The number of aromatic hydroxyl groups is 1. The van der Waals surface area contributed by atoms with Crippen LogP contribution in [0.5, 0.6) is 5.75 Å². The Bertz CT molecular complexity index is 757. The number of rotatable bonds is 2. The second-order valence-electron chi connectivity index (χ2n) is 6.31. The van der Waals surface area contributed by atoms with Crippen LogP contribution in [0.4, 0.5) is 5.13 Å². The minimum absolute atomic E-state index is 0.0900. The van der Waals surface area contributed by atoms with Gasteiger partial charge in [-0.05, 0) is 44.4 Å². The molecular formula is C18H23N3O2S. The fourth-order valence-corrected chi connectivity index (χ4v) is 3.80. The van der Waals surface area contributed by atoms with Gasteiger partial charge in [-0.2, -0.15) is 0 Å². The quantitative estimate of drug-likeness (QED) is 0.908. The number of phenolic OH excluding ortho intramolecular Hbond substituents is 1. The summed E-state index contributed by atoms with van der Waals surface area (Å²) in [5.41, 5.74) is 3.20.